The van der Waals surface area contributed by atoms with Gasteiger partial charge in [0.2, 0.25) is 0 Å². The number of benzene rings is 1. The highest BCUT2D eigenvalue weighted by atomic mass is 32.1. The first kappa shape index (κ1) is 7.30. The summed E-state index contributed by atoms with van der Waals surface area (Å²) in [5.41, 5.74) is 13.3. The fraction of sp³-hybridized carbons (Fsp3) is 0. The molecule has 12 heavy (non-hydrogen) atoms. The minimum atomic E-state index is 0.371. The molecule has 0 amide bonds. The molecular formula is C7H8N4S. The van der Waals surface area contributed by atoms with Crippen LogP contribution in [0.5, 0.6) is 0 Å². The molecule has 5 N–H and O–H groups in total. The van der Waals surface area contributed by atoms with Crippen LogP contribution < -0.4 is 11.5 Å². The number of nitrogens with two attached hydrogens (primary N) is 2. The normalized spacial score (nSPS) is 10.8. The van der Waals surface area contributed by atoms with Crippen molar-refractivity contribution in [2.45, 2.75) is 4.90 Å². The zero-order valence-electron chi connectivity index (χ0n) is 6.20. The molecule has 0 aliphatic rings. The lowest BCUT2D eigenvalue weighted by atomic mass is 10.3. The van der Waals surface area contributed by atoms with E-state index in [-0.39, 0.29) is 0 Å². The number of imidazole rings is 1. The summed E-state index contributed by atoms with van der Waals surface area (Å²) in [5.74, 6) is 0.371. The molecule has 0 radical (unpaired) electrons. The first-order valence-electron chi connectivity index (χ1n) is 3.41. The number of hydrogen-bond donors (Lipinski definition) is 4. The van der Waals surface area contributed by atoms with Gasteiger partial charge in [0.15, 0.2) is 5.95 Å². The van der Waals surface area contributed by atoms with Gasteiger partial charge in [-0.3, -0.25) is 0 Å². The van der Waals surface area contributed by atoms with Crippen LogP contribution in [0.25, 0.3) is 11.0 Å². The highest BCUT2D eigenvalue weighted by molar-refractivity contribution is 7.80. The Labute approximate surface area is 74.4 Å². The summed E-state index contributed by atoms with van der Waals surface area (Å²) in [6.07, 6.45) is 0. The van der Waals surface area contributed by atoms with Crippen LogP contribution in [0.15, 0.2) is 17.0 Å². The maximum Gasteiger partial charge on any atom is 0.198 e. The molecule has 0 unspecified atom stereocenters. The molecule has 0 bridgehead atoms. The van der Waals surface area contributed by atoms with E-state index < -0.39 is 0 Å². The highest BCUT2D eigenvalue weighted by Crippen LogP contribution is 2.25. The molecule has 0 fully saturated rings. The van der Waals surface area contributed by atoms with Gasteiger partial charge in [-0.1, -0.05) is 0 Å². The monoisotopic (exact) mass is 180 g/mol. The van der Waals surface area contributed by atoms with E-state index in [1.807, 2.05) is 6.07 Å². The Balaban J connectivity index is 2.89. The Bertz CT molecular complexity index is 434. The van der Waals surface area contributed by atoms with Gasteiger partial charge in [-0.15, -0.1) is 12.6 Å². The average molecular weight is 180 g/mol. The van der Waals surface area contributed by atoms with E-state index in [9.17, 15) is 0 Å². The Kier molecular flexibility index (Phi) is 1.41. The van der Waals surface area contributed by atoms with Gasteiger partial charge in [-0.2, -0.15) is 0 Å². The van der Waals surface area contributed by atoms with E-state index in [1.165, 1.54) is 0 Å². The number of rotatable bonds is 0. The summed E-state index contributed by atoms with van der Waals surface area (Å²) in [4.78, 5) is 7.62. The molecule has 0 aliphatic carbocycles. The summed E-state index contributed by atoms with van der Waals surface area (Å²) in [5, 5.41) is 0. The maximum absolute atomic E-state index is 5.72. The van der Waals surface area contributed by atoms with E-state index in [0.717, 1.165) is 5.52 Å². The van der Waals surface area contributed by atoms with Crippen LogP contribution in [0, 0.1) is 0 Å². The molecule has 1 aromatic carbocycles. The van der Waals surface area contributed by atoms with Gasteiger partial charge in [0.1, 0.15) is 5.52 Å². The highest BCUT2D eigenvalue weighted by Gasteiger charge is 2.05. The third-order valence-corrected chi connectivity index (χ3v) is 2.08. The van der Waals surface area contributed by atoms with Crippen LogP contribution in [0.2, 0.25) is 0 Å². The molecule has 0 saturated carbocycles. The van der Waals surface area contributed by atoms with Crippen molar-refractivity contribution in [3.8, 4) is 0 Å². The zero-order valence-corrected chi connectivity index (χ0v) is 7.10. The van der Waals surface area contributed by atoms with Gasteiger partial charge in [-0.25, -0.2) is 4.98 Å². The number of aromatic amines is 1. The fourth-order valence-electron chi connectivity index (χ4n) is 1.11. The van der Waals surface area contributed by atoms with Crippen LogP contribution in [0.4, 0.5) is 11.6 Å². The predicted octanol–water partition coefficient (Wildman–Crippen LogP) is 1.02. The van der Waals surface area contributed by atoms with Gasteiger partial charge >= 0.3 is 0 Å². The van der Waals surface area contributed by atoms with Gasteiger partial charge < -0.3 is 16.5 Å². The SMILES string of the molecule is Nc1nc2c(N)c(S)ccc2[nH]1. The lowest BCUT2D eigenvalue weighted by Crippen LogP contribution is -1.88. The molecule has 0 saturated heterocycles. The van der Waals surface area contributed by atoms with E-state index in [1.54, 1.807) is 6.07 Å². The molecule has 0 spiro atoms. The van der Waals surface area contributed by atoms with E-state index >= 15 is 0 Å². The molecular weight excluding hydrogens is 172 g/mol. The molecule has 1 aromatic heterocycles. The number of nitrogens with one attached hydrogen (secondary N) is 1. The molecule has 0 aliphatic heterocycles. The number of thiol groups is 1. The van der Waals surface area contributed by atoms with Crippen LogP contribution in [0.3, 0.4) is 0 Å². The molecule has 2 aromatic rings. The maximum atomic E-state index is 5.72. The second-order valence-electron chi connectivity index (χ2n) is 2.52. The van der Waals surface area contributed by atoms with E-state index in [4.69, 9.17) is 11.5 Å². The van der Waals surface area contributed by atoms with Crippen LogP contribution >= 0.6 is 12.6 Å². The predicted molar refractivity (Wildman–Crippen MR) is 52.2 cm³/mol. The minimum Gasteiger partial charge on any atom is -0.396 e. The number of hydrogen-bond acceptors (Lipinski definition) is 4. The van der Waals surface area contributed by atoms with Crippen molar-refractivity contribution >= 4 is 35.3 Å². The summed E-state index contributed by atoms with van der Waals surface area (Å²) < 4.78 is 0. The average Bonchev–Trinajstić information content (AvgIpc) is 2.39. The molecule has 1 heterocycles. The third kappa shape index (κ3) is 0.902. The lowest BCUT2D eigenvalue weighted by Gasteiger charge is -1.97. The summed E-state index contributed by atoms with van der Waals surface area (Å²) in [7, 11) is 0. The third-order valence-electron chi connectivity index (χ3n) is 1.69. The number of nitrogens with zero attached hydrogens (tertiary/aromatic N) is 1. The Morgan fingerprint density at radius 2 is 2.08 bits per heavy atom. The van der Waals surface area contributed by atoms with Crippen molar-refractivity contribution in [2.24, 2.45) is 0 Å². The number of nitrogen functional groups attached to an aromatic ring is 2. The van der Waals surface area contributed by atoms with Gasteiger partial charge in [0.05, 0.1) is 11.2 Å². The largest absolute Gasteiger partial charge is 0.396 e. The molecule has 2 rings (SSSR count). The van der Waals surface area contributed by atoms with E-state index in [2.05, 4.69) is 22.6 Å². The molecule has 5 heteroatoms. The summed E-state index contributed by atoms with van der Waals surface area (Å²) in [6, 6.07) is 3.65. The Hall–Kier alpha value is -1.36. The smallest absolute Gasteiger partial charge is 0.198 e. The van der Waals surface area contributed by atoms with Crippen molar-refractivity contribution in [2.75, 3.05) is 11.5 Å². The van der Waals surface area contributed by atoms with Crippen molar-refractivity contribution < 1.29 is 0 Å². The quantitative estimate of drug-likeness (QED) is 0.361. The minimum absolute atomic E-state index is 0.371. The topological polar surface area (TPSA) is 80.7 Å². The molecule has 62 valence electrons. The van der Waals surface area contributed by atoms with Crippen LogP contribution in [-0.2, 0) is 0 Å². The standard InChI is InChI=1S/C7H8N4S/c8-5-4(12)2-1-3-6(5)11-7(9)10-3/h1-2,12H,8H2,(H3,9,10,11). The van der Waals surface area contributed by atoms with Crippen molar-refractivity contribution in [1.82, 2.24) is 9.97 Å². The summed E-state index contributed by atoms with van der Waals surface area (Å²) >= 11 is 4.16. The van der Waals surface area contributed by atoms with Gasteiger partial charge in [-0.05, 0) is 12.1 Å². The second-order valence-corrected chi connectivity index (χ2v) is 3.00. The number of aromatic nitrogens is 2. The van der Waals surface area contributed by atoms with Gasteiger partial charge in [0, 0.05) is 4.90 Å². The first-order valence-corrected chi connectivity index (χ1v) is 3.86. The van der Waals surface area contributed by atoms with Crippen molar-refractivity contribution in [3.63, 3.8) is 0 Å². The second kappa shape index (κ2) is 2.31. The number of H-pyrrole nitrogens is 1. The fourth-order valence-corrected chi connectivity index (χ4v) is 1.29. The zero-order chi connectivity index (χ0) is 8.72. The van der Waals surface area contributed by atoms with Crippen molar-refractivity contribution in [1.29, 1.82) is 0 Å². The molecule has 0 atom stereocenters. The molecule has 4 nitrogen and oxygen atoms in total. The van der Waals surface area contributed by atoms with Gasteiger partial charge in [0.25, 0.3) is 0 Å². The first-order chi connectivity index (χ1) is 5.68. The van der Waals surface area contributed by atoms with Crippen LogP contribution in [-0.4, -0.2) is 9.97 Å². The Morgan fingerprint density at radius 3 is 2.83 bits per heavy atom. The van der Waals surface area contributed by atoms with E-state index in [0.29, 0.717) is 22.0 Å². The number of anilines is 2. The Morgan fingerprint density at radius 1 is 1.33 bits per heavy atom. The lowest BCUT2D eigenvalue weighted by molar-refractivity contribution is 1.35. The summed E-state index contributed by atoms with van der Waals surface area (Å²) in [6.45, 7) is 0. The number of fused-ring (bicyclic) bond motifs is 1. The van der Waals surface area contributed by atoms with Crippen LogP contribution in [0.1, 0.15) is 0 Å². The van der Waals surface area contributed by atoms with Crippen molar-refractivity contribution in [3.05, 3.63) is 12.1 Å².